The first-order chi connectivity index (χ1) is 15.5. The van der Waals surface area contributed by atoms with E-state index < -0.39 is 0 Å². The molecule has 3 aromatic rings. The number of allylic oxidation sites excluding steroid dienone is 1. The van der Waals surface area contributed by atoms with Crippen molar-refractivity contribution in [3.05, 3.63) is 75.7 Å². The minimum Gasteiger partial charge on any atom is -0.385 e. The summed E-state index contributed by atoms with van der Waals surface area (Å²) in [6, 6.07) is 14.7. The second kappa shape index (κ2) is 10.0. The van der Waals surface area contributed by atoms with Gasteiger partial charge in [0.25, 0.3) is 5.89 Å². The van der Waals surface area contributed by atoms with Gasteiger partial charge in [0, 0.05) is 41.6 Å². The number of hydrogen-bond donors (Lipinski definition) is 1. The van der Waals surface area contributed by atoms with Gasteiger partial charge in [-0.05, 0) is 55.4 Å². The molecule has 0 fully saturated rings. The summed E-state index contributed by atoms with van der Waals surface area (Å²) in [5.41, 5.74) is 3.52. The van der Waals surface area contributed by atoms with Gasteiger partial charge in [-0.2, -0.15) is 4.98 Å². The van der Waals surface area contributed by atoms with Gasteiger partial charge in [0.2, 0.25) is 5.82 Å². The summed E-state index contributed by atoms with van der Waals surface area (Å²) in [6.07, 6.45) is 0.822. The minimum absolute atomic E-state index is 0.285. The minimum atomic E-state index is -0.285. The van der Waals surface area contributed by atoms with Crippen molar-refractivity contribution >= 4 is 46.1 Å². The highest BCUT2D eigenvalue weighted by Gasteiger charge is 2.34. The molecule has 1 atom stereocenters. The Kier molecular flexibility index (Phi) is 7.10. The molecular weight excluding hydrogens is 467 g/mol. The largest absolute Gasteiger partial charge is 0.385 e. The van der Waals surface area contributed by atoms with Gasteiger partial charge in [0.05, 0.1) is 11.6 Å². The molecular formula is C23H22Cl2N4O2S. The van der Waals surface area contributed by atoms with Crippen LogP contribution in [0.2, 0.25) is 10.0 Å². The predicted octanol–water partition coefficient (Wildman–Crippen LogP) is 5.74. The van der Waals surface area contributed by atoms with Crippen LogP contribution in [0.1, 0.15) is 30.8 Å². The van der Waals surface area contributed by atoms with Crippen LogP contribution in [0.25, 0.3) is 17.0 Å². The Bertz CT molecular complexity index is 1160. The van der Waals surface area contributed by atoms with Gasteiger partial charge in [-0.1, -0.05) is 52.6 Å². The molecule has 0 saturated carbocycles. The Labute approximate surface area is 202 Å². The molecule has 0 bridgehead atoms. The van der Waals surface area contributed by atoms with Gasteiger partial charge < -0.3 is 19.5 Å². The predicted molar refractivity (Wildman–Crippen MR) is 130 cm³/mol. The fraction of sp³-hybridized carbons (Fsp3) is 0.261. The van der Waals surface area contributed by atoms with Crippen LogP contribution in [-0.4, -0.2) is 40.4 Å². The van der Waals surface area contributed by atoms with E-state index in [0.717, 1.165) is 28.8 Å². The molecule has 9 heteroatoms. The number of ether oxygens (including phenoxy) is 1. The molecule has 6 nitrogen and oxygen atoms in total. The van der Waals surface area contributed by atoms with Crippen molar-refractivity contribution in [2.75, 3.05) is 20.3 Å². The number of halogens is 2. The molecule has 0 aliphatic carbocycles. The van der Waals surface area contributed by atoms with Crippen molar-refractivity contribution in [3.8, 4) is 11.4 Å². The maximum Gasteiger partial charge on any atom is 0.258 e. The summed E-state index contributed by atoms with van der Waals surface area (Å²) in [5, 5.41) is 9.50. The summed E-state index contributed by atoms with van der Waals surface area (Å²) in [6.45, 7) is 3.35. The maximum absolute atomic E-state index is 6.28. The lowest BCUT2D eigenvalue weighted by Crippen LogP contribution is -2.46. The normalized spacial score (nSPS) is 16.4. The zero-order valence-corrected chi connectivity index (χ0v) is 20.0. The van der Waals surface area contributed by atoms with Gasteiger partial charge in [0.1, 0.15) is 0 Å². The molecule has 32 heavy (non-hydrogen) atoms. The number of rotatable bonds is 7. The van der Waals surface area contributed by atoms with Crippen molar-refractivity contribution in [2.45, 2.75) is 19.4 Å². The molecule has 1 aromatic heterocycles. The van der Waals surface area contributed by atoms with Crippen molar-refractivity contribution in [3.63, 3.8) is 0 Å². The van der Waals surface area contributed by atoms with Crippen molar-refractivity contribution in [2.24, 2.45) is 0 Å². The summed E-state index contributed by atoms with van der Waals surface area (Å²) < 4.78 is 10.9. The maximum atomic E-state index is 6.28. The molecule has 0 amide bonds. The van der Waals surface area contributed by atoms with E-state index in [2.05, 4.69) is 15.5 Å². The lowest BCUT2D eigenvalue weighted by atomic mass is 9.94. The quantitative estimate of drug-likeness (QED) is 0.335. The molecule has 1 N–H and O–H groups in total. The lowest BCUT2D eigenvalue weighted by Gasteiger charge is -2.37. The summed E-state index contributed by atoms with van der Waals surface area (Å²) in [4.78, 5) is 6.72. The number of nitrogens with zero attached hydrogens (tertiary/aromatic N) is 3. The Morgan fingerprint density at radius 1 is 1.16 bits per heavy atom. The second-order valence-corrected chi connectivity index (χ2v) is 8.63. The first-order valence-corrected chi connectivity index (χ1v) is 11.3. The average molecular weight is 489 g/mol. The number of hydrogen-bond acceptors (Lipinski definition) is 5. The number of thiocarbonyl (C=S) groups is 1. The van der Waals surface area contributed by atoms with E-state index >= 15 is 0 Å². The monoisotopic (exact) mass is 488 g/mol. The fourth-order valence-electron chi connectivity index (χ4n) is 3.71. The zero-order valence-electron chi connectivity index (χ0n) is 17.6. The van der Waals surface area contributed by atoms with Gasteiger partial charge in [-0.15, -0.1) is 0 Å². The average Bonchev–Trinajstić information content (AvgIpc) is 3.25. The van der Waals surface area contributed by atoms with Crippen LogP contribution >= 0.6 is 35.4 Å². The molecule has 0 spiro atoms. The molecule has 0 radical (unpaired) electrons. The van der Waals surface area contributed by atoms with E-state index in [1.807, 2.05) is 48.2 Å². The highest BCUT2D eigenvalue weighted by atomic mass is 35.5. The van der Waals surface area contributed by atoms with E-state index in [-0.39, 0.29) is 6.04 Å². The number of methoxy groups -OCH3 is 1. The van der Waals surface area contributed by atoms with E-state index in [1.165, 1.54) is 0 Å². The van der Waals surface area contributed by atoms with E-state index in [4.69, 9.17) is 44.7 Å². The molecule has 0 saturated heterocycles. The van der Waals surface area contributed by atoms with Crippen molar-refractivity contribution in [1.29, 1.82) is 0 Å². The van der Waals surface area contributed by atoms with Crippen LogP contribution in [0.15, 0.2) is 58.8 Å². The Morgan fingerprint density at radius 3 is 2.62 bits per heavy atom. The standard InChI is InChI=1S/C23H22Cl2N4O2S/c1-14-19(22-27-21(28-31-22)16-7-4-9-18(25)13-16)20(15-6-3-8-17(24)12-15)26-23(32)29(14)10-5-11-30-2/h3-4,6-9,12-13,20H,5,10-11H2,1-2H3,(H,26,32). The third-order valence-electron chi connectivity index (χ3n) is 5.25. The highest BCUT2D eigenvalue weighted by molar-refractivity contribution is 7.80. The van der Waals surface area contributed by atoms with Gasteiger partial charge in [0.15, 0.2) is 5.11 Å². The number of aromatic nitrogens is 2. The van der Waals surface area contributed by atoms with Crippen LogP contribution in [0, 0.1) is 0 Å². The summed E-state index contributed by atoms with van der Waals surface area (Å²) in [5.74, 6) is 0.876. The summed E-state index contributed by atoms with van der Waals surface area (Å²) >= 11 is 18.1. The molecule has 1 aliphatic heterocycles. The molecule has 4 rings (SSSR count). The third-order valence-corrected chi connectivity index (χ3v) is 6.06. The van der Waals surface area contributed by atoms with Crippen molar-refractivity contribution in [1.82, 2.24) is 20.4 Å². The highest BCUT2D eigenvalue weighted by Crippen LogP contribution is 2.38. The summed E-state index contributed by atoms with van der Waals surface area (Å²) in [7, 11) is 1.69. The SMILES string of the molecule is COCCCN1C(=S)NC(c2cccc(Cl)c2)C(c2nc(-c3cccc(Cl)c3)no2)=C1C. The zero-order chi connectivity index (χ0) is 22.7. The van der Waals surface area contributed by atoms with Gasteiger partial charge >= 0.3 is 0 Å². The van der Waals surface area contributed by atoms with Gasteiger partial charge in [-0.3, -0.25) is 0 Å². The first kappa shape index (κ1) is 22.7. The molecule has 2 heterocycles. The van der Waals surface area contributed by atoms with Gasteiger partial charge in [-0.25, -0.2) is 0 Å². The Balaban J connectivity index is 1.78. The van der Waals surface area contributed by atoms with Crippen molar-refractivity contribution < 1.29 is 9.26 Å². The number of nitrogens with one attached hydrogen (secondary N) is 1. The third kappa shape index (κ3) is 4.81. The smallest absolute Gasteiger partial charge is 0.258 e. The molecule has 1 unspecified atom stereocenters. The van der Waals surface area contributed by atoms with Crippen LogP contribution in [0.3, 0.4) is 0 Å². The van der Waals surface area contributed by atoms with Crippen LogP contribution < -0.4 is 5.32 Å². The molecule has 2 aromatic carbocycles. The van der Waals surface area contributed by atoms with E-state index in [9.17, 15) is 0 Å². The van der Waals surface area contributed by atoms with E-state index in [0.29, 0.717) is 40.0 Å². The van der Waals surface area contributed by atoms with Crippen LogP contribution in [0.4, 0.5) is 0 Å². The Morgan fingerprint density at radius 2 is 1.91 bits per heavy atom. The molecule has 166 valence electrons. The first-order valence-electron chi connectivity index (χ1n) is 10.1. The fourth-order valence-corrected chi connectivity index (χ4v) is 4.44. The topological polar surface area (TPSA) is 63.4 Å². The lowest BCUT2D eigenvalue weighted by molar-refractivity contribution is 0.188. The number of benzene rings is 2. The van der Waals surface area contributed by atoms with Crippen LogP contribution in [-0.2, 0) is 4.74 Å². The van der Waals surface area contributed by atoms with E-state index in [1.54, 1.807) is 19.2 Å². The Hall–Kier alpha value is -2.45. The van der Waals surface area contributed by atoms with Crippen LogP contribution in [0.5, 0.6) is 0 Å². The molecule has 1 aliphatic rings. The second-order valence-electron chi connectivity index (χ2n) is 7.37.